The Morgan fingerprint density at radius 3 is 2.33 bits per heavy atom. The van der Waals surface area contributed by atoms with E-state index >= 15 is 0 Å². The molecule has 1 saturated carbocycles. The van der Waals surface area contributed by atoms with Gasteiger partial charge in [-0.25, -0.2) is 0 Å². The topological polar surface area (TPSA) is 40.5 Å². The fourth-order valence-electron chi connectivity index (χ4n) is 2.90. The maximum absolute atomic E-state index is 9.90. The van der Waals surface area contributed by atoms with E-state index in [0.29, 0.717) is 17.6 Å². The van der Waals surface area contributed by atoms with Crippen molar-refractivity contribution in [1.29, 1.82) is 0 Å². The van der Waals surface area contributed by atoms with Crippen LogP contribution in [0.1, 0.15) is 17.9 Å². The van der Waals surface area contributed by atoms with Crippen molar-refractivity contribution in [1.82, 2.24) is 0 Å². The molecule has 1 fully saturated rings. The number of fused-ring (bicyclic) bond motifs is 2. The molecule has 15 heavy (non-hydrogen) atoms. The first-order chi connectivity index (χ1) is 7.25. The summed E-state index contributed by atoms with van der Waals surface area (Å²) in [6.07, 6.45) is 5.11. The summed E-state index contributed by atoms with van der Waals surface area (Å²) >= 11 is 0. The highest BCUT2D eigenvalue weighted by Crippen LogP contribution is 2.48. The van der Waals surface area contributed by atoms with Gasteiger partial charge in [-0.2, -0.15) is 0 Å². The molecule has 2 heteroatoms. The van der Waals surface area contributed by atoms with Crippen LogP contribution in [0.4, 0.5) is 0 Å². The molecule has 0 spiro atoms. The normalized spacial score (nSPS) is 37.4. The lowest BCUT2D eigenvalue weighted by Crippen LogP contribution is -2.14. The Bertz CT molecular complexity index is 394. The summed E-state index contributed by atoms with van der Waals surface area (Å²) in [5.74, 6) is 1.35. The van der Waals surface area contributed by atoms with Crippen LogP contribution in [-0.4, -0.2) is 16.3 Å². The van der Waals surface area contributed by atoms with E-state index in [0.717, 1.165) is 6.42 Å². The van der Waals surface area contributed by atoms with Crippen LogP contribution in [-0.2, 0) is 0 Å². The largest absolute Gasteiger partial charge is 0.508 e. The summed E-state index contributed by atoms with van der Waals surface area (Å²) in [6.45, 7) is 0. The molecule has 4 atom stereocenters. The second-order valence-electron chi connectivity index (χ2n) is 4.55. The number of benzene rings is 1. The molecule has 2 nitrogen and oxygen atoms in total. The van der Waals surface area contributed by atoms with E-state index in [2.05, 4.69) is 12.2 Å². The lowest BCUT2D eigenvalue weighted by Gasteiger charge is -2.18. The third-order valence-electron chi connectivity index (χ3n) is 3.73. The zero-order chi connectivity index (χ0) is 10.4. The quantitative estimate of drug-likeness (QED) is 0.684. The average molecular weight is 202 g/mol. The van der Waals surface area contributed by atoms with Gasteiger partial charge in [-0.1, -0.05) is 24.3 Å². The molecule has 0 radical (unpaired) electrons. The van der Waals surface area contributed by atoms with Gasteiger partial charge in [-0.15, -0.1) is 0 Å². The predicted molar refractivity (Wildman–Crippen MR) is 57.6 cm³/mol. The number of rotatable bonds is 1. The Balaban J connectivity index is 1.91. The van der Waals surface area contributed by atoms with Crippen molar-refractivity contribution in [3.63, 3.8) is 0 Å². The summed E-state index contributed by atoms with van der Waals surface area (Å²) in [7, 11) is 0. The zero-order valence-electron chi connectivity index (χ0n) is 8.38. The fraction of sp³-hybridized carbons (Fsp3) is 0.385. The number of phenols is 1. The second kappa shape index (κ2) is 3.11. The first-order valence-electron chi connectivity index (χ1n) is 5.41. The summed E-state index contributed by atoms with van der Waals surface area (Å²) < 4.78 is 0. The molecular formula is C13H14O2. The molecule has 4 unspecified atom stereocenters. The van der Waals surface area contributed by atoms with Crippen LogP contribution in [0, 0.1) is 11.8 Å². The minimum atomic E-state index is -0.191. The van der Waals surface area contributed by atoms with Crippen molar-refractivity contribution in [2.75, 3.05) is 0 Å². The zero-order valence-corrected chi connectivity index (χ0v) is 8.38. The lowest BCUT2D eigenvalue weighted by atomic mass is 9.87. The van der Waals surface area contributed by atoms with E-state index in [4.69, 9.17) is 0 Å². The molecule has 0 amide bonds. The maximum Gasteiger partial charge on any atom is 0.115 e. The van der Waals surface area contributed by atoms with Crippen LogP contribution in [0.3, 0.4) is 0 Å². The van der Waals surface area contributed by atoms with Gasteiger partial charge in [-0.3, -0.25) is 0 Å². The molecule has 0 heterocycles. The van der Waals surface area contributed by atoms with Crippen LogP contribution < -0.4 is 0 Å². The highest BCUT2D eigenvalue weighted by atomic mass is 16.3. The van der Waals surface area contributed by atoms with E-state index in [1.54, 1.807) is 12.1 Å². The number of hydrogen-bond donors (Lipinski definition) is 2. The van der Waals surface area contributed by atoms with Crippen LogP contribution in [0.5, 0.6) is 5.75 Å². The van der Waals surface area contributed by atoms with Crippen LogP contribution in [0.15, 0.2) is 36.4 Å². The summed E-state index contributed by atoms with van der Waals surface area (Å²) in [5, 5.41) is 19.1. The van der Waals surface area contributed by atoms with Gasteiger partial charge in [0.05, 0.1) is 6.10 Å². The van der Waals surface area contributed by atoms with Gasteiger partial charge in [0.1, 0.15) is 5.75 Å². The molecule has 2 N–H and O–H groups in total. The Morgan fingerprint density at radius 2 is 1.80 bits per heavy atom. The minimum Gasteiger partial charge on any atom is -0.508 e. The predicted octanol–water partition coefficient (Wildman–Crippen LogP) is 2.04. The van der Waals surface area contributed by atoms with Gasteiger partial charge in [0.25, 0.3) is 0 Å². The molecule has 1 aromatic rings. The van der Waals surface area contributed by atoms with Crippen molar-refractivity contribution in [3.05, 3.63) is 42.0 Å². The summed E-state index contributed by atoms with van der Waals surface area (Å²) in [6, 6.07) is 7.36. The van der Waals surface area contributed by atoms with E-state index in [1.807, 2.05) is 12.1 Å². The number of hydrogen-bond acceptors (Lipinski definition) is 2. The van der Waals surface area contributed by atoms with Gasteiger partial charge in [0.2, 0.25) is 0 Å². The molecule has 0 aromatic heterocycles. The van der Waals surface area contributed by atoms with Crippen molar-refractivity contribution in [2.45, 2.75) is 18.4 Å². The summed E-state index contributed by atoms with van der Waals surface area (Å²) in [5.41, 5.74) is 1.23. The second-order valence-corrected chi connectivity index (χ2v) is 4.55. The minimum absolute atomic E-state index is 0.191. The fourth-order valence-corrected chi connectivity index (χ4v) is 2.90. The molecule has 2 bridgehead atoms. The molecule has 0 aliphatic heterocycles. The monoisotopic (exact) mass is 202 g/mol. The van der Waals surface area contributed by atoms with Crippen molar-refractivity contribution < 1.29 is 10.2 Å². The molecule has 2 aliphatic rings. The van der Waals surface area contributed by atoms with Gasteiger partial charge < -0.3 is 10.2 Å². The molecule has 3 rings (SSSR count). The number of aliphatic hydroxyl groups is 1. The number of aliphatic hydroxyl groups excluding tert-OH is 1. The van der Waals surface area contributed by atoms with Crippen LogP contribution >= 0.6 is 0 Å². The standard InChI is InChI=1S/C13H14O2/c14-10-4-1-8(2-5-10)12-7-9-3-6-11(12)13(9)15/h1-6,9,11-15H,7H2. The SMILES string of the molecule is Oc1ccc(C2CC3C=CC2C3O)cc1. The van der Waals surface area contributed by atoms with E-state index < -0.39 is 0 Å². The Kier molecular flexibility index (Phi) is 1.86. The Hall–Kier alpha value is -1.28. The van der Waals surface area contributed by atoms with Gasteiger partial charge in [0.15, 0.2) is 0 Å². The number of phenolic OH excluding ortho intramolecular Hbond substituents is 1. The Morgan fingerprint density at radius 1 is 1.07 bits per heavy atom. The average Bonchev–Trinajstić information content (AvgIpc) is 2.75. The van der Waals surface area contributed by atoms with Gasteiger partial charge in [0, 0.05) is 11.8 Å². The highest BCUT2D eigenvalue weighted by molar-refractivity contribution is 5.33. The molecule has 0 saturated heterocycles. The Labute approximate surface area is 88.9 Å². The smallest absolute Gasteiger partial charge is 0.115 e. The molecule has 78 valence electrons. The highest BCUT2D eigenvalue weighted by Gasteiger charge is 2.44. The van der Waals surface area contributed by atoms with Gasteiger partial charge in [-0.05, 0) is 30.0 Å². The third-order valence-corrected chi connectivity index (χ3v) is 3.73. The van der Waals surface area contributed by atoms with Crippen molar-refractivity contribution in [2.24, 2.45) is 11.8 Å². The van der Waals surface area contributed by atoms with E-state index in [-0.39, 0.29) is 12.0 Å². The first kappa shape index (κ1) is 8.98. The van der Waals surface area contributed by atoms with Gasteiger partial charge >= 0.3 is 0 Å². The van der Waals surface area contributed by atoms with Crippen LogP contribution in [0.25, 0.3) is 0 Å². The maximum atomic E-state index is 9.90. The lowest BCUT2D eigenvalue weighted by molar-refractivity contribution is 0.135. The van der Waals surface area contributed by atoms with Crippen molar-refractivity contribution in [3.8, 4) is 5.75 Å². The van der Waals surface area contributed by atoms with Crippen molar-refractivity contribution >= 4 is 0 Å². The molecular weight excluding hydrogens is 188 g/mol. The third kappa shape index (κ3) is 1.29. The van der Waals surface area contributed by atoms with Crippen LogP contribution in [0.2, 0.25) is 0 Å². The van der Waals surface area contributed by atoms with E-state index in [1.165, 1.54) is 5.56 Å². The first-order valence-corrected chi connectivity index (χ1v) is 5.41. The molecule has 1 aromatic carbocycles. The van der Waals surface area contributed by atoms with E-state index in [9.17, 15) is 10.2 Å². The summed E-state index contributed by atoms with van der Waals surface area (Å²) in [4.78, 5) is 0. The number of aromatic hydroxyl groups is 1. The molecule has 2 aliphatic carbocycles.